The van der Waals surface area contributed by atoms with Gasteiger partial charge < -0.3 is 5.32 Å². The Hall–Kier alpha value is -1.40. The maximum Gasteiger partial charge on any atom is 0.175 e. The first kappa shape index (κ1) is 16.0. The van der Waals surface area contributed by atoms with Crippen LogP contribution in [0, 0.1) is 5.82 Å². The molecule has 0 amide bonds. The summed E-state index contributed by atoms with van der Waals surface area (Å²) in [6, 6.07) is 11.4. The predicted octanol–water partition coefficient (Wildman–Crippen LogP) is 4.16. The van der Waals surface area contributed by atoms with E-state index in [9.17, 15) is 12.8 Å². The normalized spacial score (nSPS) is 13.0. The van der Waals surface area contributed by atoms with Crippen molar-refractivity contribution >= 4 is 31.5 Å². The lowest BCUT2D eigenvalue weighted by Crippen LogP contribution is -2.07. The van der Waals surface area contributed by atoms with Crippen LogP contribution in [0.25, 0.3) is 0 Å². The fourth-order valence-electron chi connectivity index (χ4n) is 1.92. The van der Waals surface area contributed by atoms with Crippen LogP contribution in [0.4, 0.5) is 10.1 Å². The van der Waals surface area contributed by atoms with E-state index < -0.39 is 9.84 Å². The van der Waals surface area contributed by atoms with Crippen LogP contribution in [0.2, 0.25) is 0 Å². The number of anilines is 1. The van der Waals surface area contributed by atoms with Gasteiger partial charge in [-0.25, -0.2) is 12.8 Å². The van der Waals surface area contributed by atoms with Crippen LogP contribution in [0.1, 0.15) is 18.5 Å². The third kappa shape index (κ3) is 4.04. The van der Waals surface area contributed by atoms with Crippen molar-refractivity contribution in [3.05, 3.63) is 58.3 Å². The third-order valence-electron chi connectivity index (χ3n) is 3.11. The summed E-state index contributed by atoms with van der Waals surface area (Å²) >= 11 is 3.14. The van der Waals surface area contributed by atoms with Crippen molar-refractivity contribution in [1.29, 1.82) is 0 Å². The van der Waals surface area contributed by atoms with Crippen molar-refractivity contribution < 1.29 is 12.8 Å². The molecule has 0 aliphatic heterocycles. The van der Waals surface area contributed by atoms with Crippen molar-refractivity contribution in [3.8, 4) is 0 Å². The monoisotopic (exact) mass is 371 g/mol. The van der Waals surface area contributed by atoms with Gasteiger partial charge >= 0.3 is 0 Å². The molecule has 0 spiro atoms. The predicted molar refractivity (Wildman–Crippen MR) is 85.7 cm³/mol. The summed E-state index contributed by atoms with van der Waals surface area (Å²) in [6.07, 6.45) is 1.18. The molecule has 3 nitrogen and oxygen atoms in total. The lowest BCUT2D eigenvalue weighted by atomic mass is 10.1. The number of benzene rings is 2. The van der Waals surface area contributed by atoms with E-state index in [4.69, 9.17) is 0 Å². The molecule has 0 saturated carbocycles. The lowest BCUT2D eigenvalue weighted by Gasteiger charge is -2.16. The zero-order chi connectivity index (χ0) is 15.6. The molecule has 0 aliphatic carbocycles. The minimum Gasteiger partial charge on any atom is -0.378 e. The van der Waals surface area contributed by atoms with Crippen molar-refractivity contribution in [2.75, 3.05) is 11.6 Å². The Morgan fingerprint density at radius 2 is 1.76 bits per heavy atom. The van der Waals surface area contributed by atoms with E-state index in [0.717, 1.165) is 11.3 Å². The topological polar surface area (TPSA) is 46.2 Å². The highest BCUT2D eigenvalue weighted by molar-refractivity contribution is 9.10. The Balaban J connectivity index is 2.16. The Morgan fingerprint density at radius 3 is 2.29 bits per heavy atom. The zero-order valence-corrected chi connectivity index (χ0v) is 14.0. The second-order valence-corrected chi connectivity index (χ2v) is 7.71. The van der Waals surface area contributed by atoms with Crippen LogP contribution in [0.5, 0.6) is 0 Å². The zero-order valence-electron chi connectivity index (χ0n) is 11.6. The smallest absolute Gasteiger partial charge is 0.175 e. The molecule has 2 rings (SSSR count). The van der Waals surface area contributed by atoms with E-state index in [0.29, 0.717) is 9.37 Å². The lowest BCUT2D eigenvalue weighted by molar-refractivity contribution is 0.602. The number of sulfone groups is 1. The first-order valence-electron chi connectivity index (χ1n) is 6.29. The third-order valence-corrected chi connectivity index (χ3v) is 4.85. The molecule has 1 N–H and O–H groups in total. The molecule has 0 radical (unpaired) electrons. The minimum absolute atomic E-state index is 0.0315. The van der Waals surface area contributed by atoms with Gasteiger partial charge in [-0.3, -0.25) is 0 Å². The highest BCUT2D eigenvalue weighted by Gasteiger charge is 2.10. The van der Waals surface area contributed by atoms with Crippen molar-refractivity contribution in [2.24, 2.45) is 0 Å². The van der Waals surface area contributed by atoms with Gasteiger partial charge in [-0.05, 0) is 58.7 Å². The summed E-state index contributed by atoms with van der Waals surface area (Å²) in [5, 5.41) is 3.24. The highest BCUT2D eigenvalue weighted by Crippen LogP contribution is 2.24. The summed E-state index contributed by atoms with van der Waals surface area (Å²) in [4.78, 5) is 0.294. The molecule has 0 fully saturated rings. The van der Waals surface area contributed by atoms with E-state index in [1.54, 1.807) is 36.4 Å². The fourth-order valence-corrected chi connectivity index (χ4v) is 2.93. The van der Waals surface area contributed by atoms with Crippen LogP contribution in [-0.4, -0.2) is 14.7 Å². The fraction of sp³-hybridized carbons (Fsp3) is 0.200. The first-order chi connectivity index (χ1) is 9.77. The largest absolute Gasteiger partial charge is 0.378 e. The molecule has 0 saturated heterocycles. The molecule has 0 aromatic heterocycles. The van der Waals surface area contributed by atoms with Gasteiger partial charge in [-0.2, -0.15) is 0 Å². The summed E-state index contributed by atoms with van der Waals surface area (Å²) in [6.45, 7) is 1.95. The van der Waals surface area contributed by atoms with Gasteiger partial charge in [0.25, 0.3) is 0 Å². The molecule has 0 heterocycles. The second-order valence-electron chi connectivity index (χ2n) is 4.84. The highest BCUT2D eigenvalue weighted by atomic mass is 79.9. The Morgan fingerprint density at radius 1 is 1.14 bits per heavy atom. The van der Waals surface area contributed by atoms with Crippen LogP contribution in [0.3, 0.4) is 0 Å². The second kappa shape index (κ2) is 6.15. The van der Waals surface area contributed by atoms with Crippen LogP contribution in [-0.2, 0) is 9.84 Å². The van der Waals surface area contributed by atoms with E-state index in [-0.39, 0.29) is 11.9 Å². The first-order valence-corrected chi connectivity index (χ1v) is 8.97. The number of nitrogens with one attached hydrogen (secondary N) is 1. The van der Waals surface area contributed by atoms with Crippen molar-refractivity contribution in [2.45, 2.75) is 17.9 Å². The van der Waals surface area contributed by atoms with E-state index in [1.807, 2.05) is 6.92 Å². The number of halogens is 2. The van der Waals surface area contributed by atoms with Crippen LogP contribution < -0.4 is 5.32 Å². The van der Waals surface area contributed by atoms with Gasteiger partial charge in [-0.15, -0.1) is 0 Å². The molecule has 21 heavy (non-hydrogen) atoms. The molecule has 0 bridgehead atoms. The number of hydrogen-bond acceptors (Lipinski definition) is 3. The number of hydrogen-bond donors (Lipinski definition) is 1. The molecule has 6 heteroatoms. The maximum atomic E-state index is 13.2. The average molecular weight is 372 g/mol. The van der Waals surface area contributed by atoms with Gasteiger partial charge in [0.2, 0.25) is 0 Å². The van der Waals surface area contributed by atoms with Gasteiger partial charge in [0.05, 0.1) is 9.37 Å². The summed E-state index contributed by atoms with van der Waals surface area (Å²) < 4.78 is 36.4. The summed E-state index contributed by atoms with van der Waals surface area (Å²) in [5.74, 6) is -0.314. The molecular weight excluding hydrogens is 357 g/mol. The Kier molecular flexibility index (Phi) is 4.68. The van der Waals surface area contributed by atoms with E-state index in [1.165, 1.54) is 12.3 Å². The van der Waals surface area contributed by atoms with Crippen molar-refractivity contribution in [1.82, 2.24) is 0 Å². The quantitative estimate of drug-likeness (QED) is 0.877. The van der Waals surface area contributed by atoms with Crippen molar-refractivity contribution in [3.63, 3.8) is 0 Å². The SMILES string of the molecule is CC(Nc1ccc(F)c(Br)c1)c1ccc(S(C)(=O)=O)cc1. The Bertz CT molecular complexity index is 745. The summed E-state index contributed by atoms with van der Waals surface area (Å²) in [7, 11) is -3.18. The molecule has 0 aliphatic rings. The molecule has 2 aromatic rings. The molecule has 2 aromatic carbocycles. The van der Waals surface area contributed by atoms with Gasteiger partial charge in [0.1, 0.15) is 5.82 Å². The molecular formula is C15H15BrFNO2S. The Labute approximate surface area is 132 Å². The van der Waals surface area contributed by atoms with Crippen LogP contribution >= 0.6 is 15.9 Å². The number of rotatable bonds is 4. The summed E-state index contributed by atoms with van der Waals surface area (Å²) in [5.41, 5.74) is 1.73. The van der Waals surface area contributed by atoms with E-state index >= 15 is 0 Å². The van der Waals surface area contributed by atoms with Crippen LogP contribution in [0.15, 0.2) is 51.8 Å². The maximum absolute atomic E-state index is 13.2. The molecule has 112 valence electrons. The minimum atomic E-state index is -3.18. The average Bonchev–Trinajstić information content (AvgIpc) is 2.42. The standard InChI is InChI=1S/C15H15BrFNO2S/c1-10(18-12-5-8-15(17)14(16)9-12)11-3-6-13(7-4-11)21(2,19)20/h3-10,18H,1-2H3. The van der Waals surface area contributed by atoms with E-state index in [2.05, 4.69) is 21.2 Å². The molecule has 1 atom stereocenters. The van der Waals surface area contributed by atoms with Gasteiger partial charge in [0.15, 0.2) is 9.84 Å². The van der Waals surface area contributed by atoms with Gasteiger partial charge in [-0.1, -0.05) is 12.1 Å². The molecule has 1 unspecified atom stereocenters. The van der Waals surface area contributed by atoms with Gasteiger partial charge in [0, 0.05) is 18.0 Å².